The summed E-state index contributed by atoms with van der Waals surface area (Å²) in [6.07, 6.45) is 1.12. The zero-order valence-corrected chi connectivity index (χ0v) is 14.3. The first-order valence-electron chi connectivity index (χ1n) is 7.64. The van der Waals surface area contributed by atoms with Crippen molar-refractivity contribution in [2.75, 3.05) is 13.6 Å². The molecule has 0 bridgehead atoms. The minimum absolute atomic E-state index is 0.00338. The van der Waals surface area contributed by atoms with Crippen molar-refractivity contribution < 1.29 is 4.39 Å². The van der Waals surface area contributed by atoms with Crippen LogP contribution < -0.4 is 0 Å². The third kappa shape index (κ3) is 4.91. The highest BCUT2D eigenvalue weighted by molar-refractivity contribution is 5.16. The number of alkyl halides is 1. The molecule has 0 aliphatic carbocycles. The molecule has 0 aliphatic rings. The second-order valence-electron chi connectivity index (χ2n) is 6.73. The SMILES string of the molecule is C=C(C(C)CN(C)C(C)CC)C(C)(F)C(C)C(C)C. The molecule has 0 aliphatic heterocycles. The summed E-state index contributed by atoms with van der Waals surface area (Å²) in [6, 6.07) is 0.531. The fourth-order valence-corrected chi connectivity index (χ4v) is 2.43. The molecule has 0 radical (unpaired) electrons. The molecule has 0 spiro atoms. The van der Waals surface area contributed by atoms with Crippen molar-refractivity contribution >= 4 is 0 Å². The van der Waals surface area contributed by atoms with Crippen molar-refractivity contribution in [3.8, 4) is 0 Å². The van der Waals surface area contributed by atoms with E-state index in [1.165, 1.54) is 0 Å². The Balaban J connectivity index is 4.72. The summed E-state index contributed by atoms with van der Waals surface area (Å²) in [5.74, 6) is 0.498. The number of hydrogen-bond donors (Lipinski definition) is 0. The van der Waals surface area contributed by atoms with Gasteiger partial charge in [0.05, 0.1) is 0 Å². The van der Waals surface area contributed by atoms with E-state index >= 15 is 0 Å². The Morgan fingerprint density at radius 1 is 1.21 bits per heavy atom. The van der Waals surface area contributed by atoms with Gasteiger partial charge in [0.1, 0.15) is 5.67 Å². The Hall–Kier alpha value is -0.370. The van der Waals surface area contributed by atoms with Crippen molar-refractivity contribution in [2.24, 2.45) is 17.8 Å². The van der Waals surface area contributed by atoms with Crippen molar-refractivity contribution in [1.82, 2.24) is 4.90 Å². The van der Waals surface area contributed by atoms with Crippen molar-refractivity contribution in [3.63, 3.8) is 0 Å². The molecule has 0 fully saturated rings. The molecular weight excluding hydrogens is 237 g/mol. The van der Waals surface area contributed by atoms with Crippen LogP contribution in [0.2, 0.25) is 0 Å². The molecule has 0 saturated carbocycles. The molecular formula is C17H34FN. The Morgan fingerprint density at radius 2 is 1.68 bits per heavy atom. The smallest absolute Gasteiger partial charge is 0.132 e. The molecule has 0 aromatic heterocycles. The Bertz CT molecular complexity index is 283. The van der Waals surface area contributed by atoms with E-state index in [9.17, 15) is 4.39 Å². The van der Waals surface area contributed by atoms with Gasteiger partial charge in [-0.1, -0.05) is 41.2 Å². The second kappa shape index (κ2) is 7.42. The van der Waals surface area contributed by atoms with E-state index in [1.807, 2.05) is 6.92 Å². The summed E-state index contributed by atoms with van der Waals surface area (Å²) in [6.45, 7) is 19.3. The maximum Gasteiger partial charge on any atom is 0.132 e. The molecule has 4 atom stereocenters. The predicted molar refractivity (Wildman–Crippen MR) is 84.2 cm³/mol. The summed E-state index contributed by atoms with van der Waals surface area (Å²) < 4.78 is 15.0. The van der Waals surface area contributed by atoms with Crippen LogP contribution >= 0.6 is 0 Å². The van der Waals surface area contributed by atoms with Crippen LogP contribution in [-0.4, -0.2) is 30.2 Å². The van der Waals surface area contributed by atoms with Gasteiger partial charge in [-0.3, -0.25) is 0 Å². The second-order valence-corrected chi connectivity index (χ2v) is 6.73. The van der Waals surface area contributed by atoms with E-state index in [2.05, 4.69) is 53.1 Å². The van der Waals surface area contributed by atoms with Crippen LogP contribution in [-0.2, 0) is 0 Å². The van der Waals surface area contributed by atoms with Crippen molar-refractivity contribution in [1.29, 1.82) is 0 Å². The predicted octanol–water partition coefficient (Wildman–Crippen LogP) is 4.93. The third-order valence-corrected chi connectivity index (χ3v) is 4.98. The fraction of sp³-hybridized carbons (Fsp3) is 0.882. The zero-order chi connectivity index (χ0) is 15.4. The molecule has 0 aromatic carbocycles. The maximum absolute atomic E-state index is 15.0. The van der Waals surface area contributed by atoms with Gasteiger partial charge in [-0.2, -0.15) is 0 Å². The van der Waals surface area contributed by atoms with Crippen LogP contribution in [0.5, 0.6) is 0 Å². The van der Waals surface area contributed by atoms with Gasteiger partial charge < -0.3 is 4.90 Å². The molecule has 0 heterocycles. The van der Waals surface area contributed by atoms with Gasteiger partial charge in [-0.15, -0.1) is 0 Å². The largest absolute Gasteiger partial charge is 0.303 e. The van der Waals surface area contributed by atoms with Crippen LogP contribution in [0.4, 0.5) is 4.39 Å². The van der Waals surface area contributed by atoms with E-state index < -0.39 is 5.67 Å². The lowest BCUT2D eigenvalue weighted by atomic mass is 9.75. The maximum atomic E-state index is 15.0. The lowest BCUT2D eigenvalue weighted by molar-refractivity contribution is 0.104. The van der Waals surface area contributed by atoms with Gasteiger partial charge in [-0.25, -0.2) is 4.39 Å². The topological polar surface area (TPSA) is 3.24 Å². The molecule has 0 aromatic rings. The third-order valence-electron chi connectivity index (χ3n) is 4.98. The van der Waals surface area contributed by atoms with Crippen molar-refractivity contribution in [3.05, 3.63) is 12.2 Å². The Morgan fingerprint density at radius 3 is 2.05 bits per heavy atom. The van der Waals surface area contributed by atoms with Gasteiger partial charge in [-0.05, 0) is 50.6 Å². The van der Waals surface area contributed by atoms with E-state index in [0.717, 1.165) is 18.5 Å². The molecule has 4 unspecified atom stereocenters. The Labute approximate surface area is 120 Å². The standard InChI is InChI=1S/C17H34FN/c1-10-14(5)19(9)11-13(4)16(7)17(8,18)15(6)12(2)3/h12-15H,7,10-11H2,1-6,8-9H3. The molecule has 2 heteroatoms. The van der Waals surface area contributed by atoms with Crippen LogP contribution in [0.3, 0.4) is 0 Å². The van der Waals surface area contributed by atoms with Gasteiger partial charge in [0.2, 0.25) is 0 Å². The first-order valence-corrected chi connectivity index (χ1v) is 7.64. The summed E-state index contributed by atoms with van der Waals surface area (Å²) >= 11 is 0. The quantitative estimate of drug-likeness (QED) is 0.566. The van der Waals surface area contributed by atoms with Gasteiger partial charge in [0.25, 0.3) is 0 Å². The van der Waals surface area contributed by atoms with Crippen LogP contribution in [0.25, 0.3) is 0 Å². The molecule has 114 valence electrons. The highest BCUT2D eigenvalue weighted by Gasteiger charge is 2.37. The minimum Gasteiger partial charge on any atom is -0.303 e. The average molecular weight is 271 g/mol. The normalized spacial score (nSPS) is 20.2. The summed E-state index contributed by atoms with van der Waals surface area (Å²) in [5, 5.41) is 0. The van der Waals surface area contributed by atoms with Crippen LogP contribution in [0, 0.1) is 17.8 Å². The molecule has 0 rings (SSSR count). The van der Waals surface area contributed by atoms with Gasteiger partial charge in [0.15, 0.2) is 0 Å². The zero-order valence-electron chi connectivity index (χ0n) is 14.3. The van der Waals surface area contributed by atoms with Crippen LogP contribution in [0.1, 0.15) is 54.9 Å². The van der Waals surface area contributed by atoms with Crippen LogP contribution in [0.15, 0.2) is 12.2 Å². The van der Waals surface area contributed by atoms with Crippen molar-refractivity contribution in [2.45, 2.75) is 66.6 Å². The lowest BCUT2D eigenvalue weighted by Gasteiger charge is -2.37. The first-order chi connectivity index (χ1) is 8.55. The fourth-order valence-electron chi connectivity index (χ4n) is 2.43. The first kappa shape index (κ1) is 18.6. The lowest BCUT2D eigenvalue weighted by Crippen LogP contribution is -2.39. The molecule has 0 N–H and O–H groups in total. The number of rotatable bonds is 8. The van der Waals surface area contributed by atoms with E-state index in [-0.39, 0.29) is 11.8 Å². The number of halogens is 1. The van der Waals surface area contributed by atoms with Gasteiger partial charge >= 0.3 is 0 Å². The highest BCUT2D eigenvalue weighted by atomic mass is 19.1. The summed E-state index contributed by atoms with van der Waals surface area (Å²) in [5.41, 5.74) is -0.548. The number of nitrogens with zero attached hydrogens (tertiary/aromatic N) is 1. The highest BCUT2D eigenvalue weighted by Crippen LogP contribution is 2.37. The molecule has 1 nitrogen and oxygen atoms in total. The molecule has 19 heavy (non-hydrogen) atoms. The monoisotopic (exact) mass is 271 g/mol. The van der Waals surface area contributed by atoms with E-state index in [1.54, 1.807) is 6.92 Å². The van der Waals surface area contributed by atoms with E-state index in [4.69, 9.17) is 0 Å². The minimum atomic E-state index is -1.29. The number of hydrogen-bond acceptors (Lipinski definition) is 1. The van der Waals surface area contributed by atoms with E-state index in [0.29, 0.717) is 12.0 Å². The summed E-state index contributed by atoms with van der Waals surface area (Å²) in [4.78, 5) is 2.30. The average Bonchev–Trinajstić information content (AvgIpc) is 2.35. The Kier molecular flexibility index (Phi) is 7.28. The summed E-state index contributed by atoms with van der Waals surface area (Å²) in [7, 11) is 2.11. The molecule has 0 amide bonds. The van der Waals surface area contributed by atoms with Gasteiger partial charge in [0, 0.05) is 12.6 Å². The molecule has 0 saturated heterocycles.